The van der Waals surface area contributed by atoms with Crippen LogP contribution < -0.4 is 5.73 Å². The van der Waals surface area contributed by atoms with Crippen LogP contribution in [0.2, 0.25) is 0 Å². The minimum Gasteiger partial charge on any atom is -0.508 e. The zero-order chi connectivity index (χ0) is 10.8. The van der Waals surface area contributed by atoms with Crippen molar-refractivity contribution in [3.63, 3.8) is 0 Å². The van der Waals surface area contributed by atoms with Crippen LogP contribution in [0.4, 0.5) is 0 Å². The molecule has 1 unspecified atom stereocenters. The van der Waals surface area contributed by atoms with Crippen LogP contribution in [-0.2, 0) is 10.2 Å². The summed E-state index contributed by atoms with van der Waals surface area (Å²) in [6, 6.07) is 6.57. The number of hydrogen-bond donors (Lipinski definition) is 2. The molecule has 0 aliphatic rings. The third-order valence-corrected chi connectivity index (χ3v) is 2.76. The lowest BCUT2D eigenvalue weighted by atomic mass is 9.79. The molecule has 76 valence electrons. The highest BCUT2D eigenvalue weighted by Gasteiger charge is 2.30. The van der Waals surface area contributed by atoms with E-state index < -0.39 is 5.41 Å². The first kappa shape index (κ1) is 10.6. The van der Waals surface area contributed by atoms with Crippen molar-refractivity contribution >= 4 is 5.91 Å². The van der Waals surface area contributed by atoms with E-state index >= 15 is 0 Å². The van der Waals surface area contributed by atoms with E-state index in [4.69, 9.17) is 10.8 Å². The van der Waals surface area contributed by atoms with Crippen LogP contribution in [0.15, 0.2) is 24.3 Å². The van der Waals surface area contributed by atoms with Crippen LogP contribution in [0.1, 0.15) is 25.8 Å². The zero-order valence-corrected chi connectivity index (χ0v) is 8.45. The molecule has 1 aromatic carbocycles. The number of phenolic OH excluding ortho intramolecular Hbond substituents is 1. The average Bonchev–Trinajstić information content (AvgIpc) is 2.17. The molecule has 0 saturated carbocycles. The Hall–Kier alpha value is -1.51. The van der Waals surface area contributed by atoms with Gasteiger partial charge in [0.25, 0.3) is 0 Å². The molecule has 0 aliphatic carbocycles. The highest BCUT2D eigenvalue weighted by Crippen LogP contribution is 2.28. The second-order valence-corrected chi connectivity index (χ2v) is 3.60. The van der Waals surface area contributed by atoms with Gasteiger partial charge in [0.1, 0.15) is 5.75 Å². The minimum absolute atomic E-state index is 0.191. The molecule has 0 spiro atoms. The van der Waals surface area contributed by atoms with Crippen LogP contribution >= 0.6 is 0 Å². The van der Waals surface area contributed by atoms with Gasteiger partial charge in [-0.3, -0.25) is 4.79 Å². The van der Waals surface area contributed by atoms with Crippen molar-refractivity contribution in [2.45, 2.75) is 25.7 Å². The standard InChI is InChI=1S/C11H15NO2/c1-3-11(2,10(12)14)8-4-6-9(13)7-5-8/h4-7,13H,3H2,1-2H3,(H2,12,14). The van der Waals surface area contributed by atoms with E-state index in [0.29, 0.717) is 6.42 Å². The largest absolute Gasteiger partial charge is 0.508 e. The van der Waals surface area contributed by atoms with Gasteiger partial charge in [0.15, 0.2) is 0 Å². The average molecular weight is 193 g/mol. The van der Waals surface area contributed by atoms with Crippen molar-refractivity contribution < 1.29 is 9.90 Å². The summed E-state index contributed by atoms with van der Waals surface area (Å²) in [4.78, 5) is 11.3. The van der Waals surface area contributed by atoms with Gasteiger partial charge in [-0.15, -0.1) is 0 Å². The third kappa shape index (κ3) is 1.71. The van der Waals surface area contributed by atoms with Crippen molar-refractivity contribution in [2.75, 3.05) is 0 Å². The Morgan fingerprint density at radius 3 is 2.29 bits per heavy atom. The molecule has 0 aliphatic heterocycles. The van der Waals surface area contributed by atoms with Gasteiger partial charge >= 0.3 is 0 Å². The molecule has 0 saturated heterocycles. The number of hydrogen-bond acceptors (Lipinski definition) is 2. The Morgan fingerprint density at radius 1 is 1.43 bits per heavy atom. The Balaban J connectivity index is 3.13. The Labute approximate surface area is 83.6 Å². The highest BCUT2D eigenvalue weighted by molar-refractivity contribution is 5.86. The smallest absolute Gasteiger partial charge is 0.227 e. The van der Waals surface area contributed by atoms with Gasteiger partial charge in [0.05, 0.1) is 5.41 Å². The van der Waals surface area contributed by atoms with Gasteiger partial charge in [-0.2, -0.15) is 0 Å². The van der Waals surface area contributed by atoms with E-state index in [1.54, 1.807) is 24.3 Å². The van der Waals surface area contributed by atoms with Gasteiger partial charge in [-0.1, -0.05) is 19.1 Å². The number of benzene rings is 1. The Kier molecular flexibility index (Phi) is 2.79. The Morgan fingerprint density at radius 2 is 1.93 bits per heavy atom. The monoisotopic (exact) mass is 193 g/mol. The van der Waals surface area contributed by atoms with E-state index in [-0.39, 0.29) is 11.7 Å². The van der Waals surface area contributed by atoms with E-state index in [1.807, 2.05) is 13.8 Å². The summed E-state index contributed by atoms with van der Waals surface area (Å²) in [5.41, 5.74) is 5.54. The van der Waals surface area contributed by atoms with Crippen molar-refractivity contribution in [1.82, 2.24) is 0 Å². The topological polar surface area (TPSA) is 63.3 Å². The summed E-state index contributed by atoms with van der Waals surface area (Å²) >= 11 is 0. The van der Waals surface area contributed by atoms with E-state index in [1.165, 1.54) is 0 Å². The van der Waals surface area contributed by atoms with Crippen LogP contribution in [0.25, 0.3) is 0 Å². The number of aromatic hydroxyl groups is 1. The van der Waals surface area contributed by atoms with Crippen LogP contribution in [0.5, 0.6) is 5.75 Å². The third-order valence-electron chi connectivity index (χ3n) is 2.76. The van der Waals surface area contributed by atoms with E-state index in [9.17, 15) is 4.79 Å². The SMILES string of the molecule is CCC(C)(C(N)=O)c1ccc(O)cc1. The molecule has 0 aromatic heterocycles. The van der Waals surface area contributed by atoms with Crippen molar-refractivity contribution in [3.05, 3.63) is 29.8 Å². The summed E-state index contributed by atoms with van der Waals surface area (Å²) in [6.45, 7) is 3.72. The fourth-order valence-electron chi connectivity index (χ4n) is 1.35. The summed E-state index contributed by atoms with van der Waals surface area (Å²) in [6.07, 6.45) is 0.646. The molecule has 0 fully saturated rings. The molecule has 1 atom stereocenters. The first-order chi connectivity index (χ1) is 6.50. The second-order valence-electron chi connectivity index (χ2n) is 3.60. The second kappa shape index (κ2) is 3.70. The molecule has 14 heavy (non-hydrogen) atoms. The van der Waals surface area contributed by atoms with Crippen LogP contribution in [-0.4, -0.2) is 11.0 Å². The van der Waals surface area contributed by atoms with Gasteiger partial charge in [0, 0.05) is 0 Å². The van der Waals surface area contributed by atoms with E-state index in [0.717, 1.165) is 5.56 Å². The number of primary amides is 1. The summed E-state index contributed by atoms with van der Waals surface area (Å²) < 4.78 is 0. The van der Waals surface area contributed by atoms with Gasteiger partial charge in [0.2, 0.25) is 5.91 Å². The first-order valence-electron chi connectivity index (χ1n) is 4.60. The van der Waals surface area contributed by atoms with E-state index in [2.05, 4.69) is 0 Å². The van der Waals surface area contributed by atoms with Crippen molar-refractivity contribution in [3.8, 4) is 5.75 Å². The molecule has 1 rings (SSSR count). The normalized spacial score (nSPS) is 14.7. The predicted molar refractivity (Wildman–Crippen MR) is 54.9 cm³/mol. The summed E-state index contributed by atoms with van der Waals surface area (Å²) in [7, 11) is 0. The maximum Gasteiger partial charge on any atom is 0.227 e. The van der Waals surface area contributed by atoms with Crippen molar-refractivity contribution in [2.24, 2.45) is 5.73 Å². The number of rotatable bonds is 3. The number of carbonyl (C=O) groups is 1. The fraction of sp³-hybridized carbons (Fsp3) is 0.364. The van der Waals surface area contributed by atoms with Crippen LogP contribution in [0.3, 0.4) is 0 Å². The quantitative estimate of drug-likeness (QED) is 0.764. The molecule has 0 bridgehead atoms. The number of phenols is 1. The first-order valence-corrected chi connectivity index (χ1v) is 4.60. The fourth-order valence-corrected chi connectivity index (χ4v) is 1.35. The molecule has 3 heteroatoms. The molecule has 0 heterocycles. The maximum absolute atomic E-state index is 11.3. The van der Waals surface area contributed by atoms with Crippen LogP contribution in [0, 0.1) is 0 Å². The number of amides is 1. The molecular weight excluding hydrogens is 178 g/mol. The molecular formula is C11H15NO2. The number of nitrogens with two attached hydrogens (primary N) is 1. The molecule has 3 nitrogen and oxygen atoms in total. The molecule has 1 aromatic rings. The molecule has 3 N–H and O–H groups in total. The lowest BCUT2D eigenvalue weighted by molar-refractivity contribution is -0.123. The zero-order valence-electron chi connectivity index (χ0n) is 8.45. The minimum atomic E-state index is -0.645. The number of carbonyl (C=O) groups excluding carboxylic acids is 1. The van der Waals surface area contributed by atoms with Gasteiger partial charge in [-0.05, 0) is 31.0 Å². The summed E-state index contributed by atoms with van der Waals surface area (Å²) in [5, 5.41) is 9.12. The Bertz CT molecular complexity index is 332. The van der Waals surface area contributed by atoms with Gasteiger partial charge < -0.3 is 10.8 Å². The predicted octanol–water partition coefficient (Wildman–Crippen LogP) is 1.55. The maximum atomic E-state index is 11.3. The van der Waals surface area contributed by atoms with Gasteiger partial charge in [-0.25, -0.2) is 0 Å². The molecule has 0 radical (unpaired) electrons. The van der Waals surface area contributed by atoms with Crippen molar-refractivity contribution in [1.29, 1.82) is 0 Å². The lowest BCUT2D eigenvalue weighted by Crippen LogP contribution is -2.37. The summed E-state index contributed by atoms with van der Waals surface area (Å²) in [5.74, 6) is -0.151. The highest BCUT2D eigenvalue weighted by atomic mass is 16.3. The lowest BCUT2D eigenvalue weighted by Gasteiger charge is -2.24. The molecule has 1 amide bonds.